The van der Waals surface area contributed by atoms with Gasteiger partial charge in [0.15, 0.2) is 0 Å². The highest BCUT2D eigenvalue weighted by Crippen LogP contribution is 2.09. The van der Waals surface area contributed by atoms with Gasteiger partial charge in [-0.25, -0.2) is 0 Å². The van der Waals surface area contributed by atoms with Crippen LogP contribution in [0.5, 0.6) is 0 Å². The van der Waals surface area contributed by atoms with Gasteiger partial charge in [-0.2, -0.15) is 0 Å². The summed E-state index contributed by atoms with van der Waals surface area (Å²) in [5.41, 5.74) is 5.59. The van der Waals surface area contributed by atoms with Crippen LogP contribution in [0.15, 0.2) is 0 Å². The van der Waals surface area contributed by atoms with E-state index in [-0.39, 0.29) is 0 Å². The molecule has 0 spiro atoms. The summed E-state index contributed by atoms with van der Waals surface area (Å²) in [6, 6.07) is 0.767. The zero-order valence-electron chi connectivity index (χ0n) is 10.4. The van der Waals surface area contributed by atoms with Gasteiger partial charge in [-0.3, -0.25) is 0 Å². The second kappa shape index (κ2) is 8.25. The quantitative estimate of drug-likeness (QED) is 0.652. The van der Waals surface area contributed by atoms with Crippen molar-refractivity contribution < 1.29 is 0 Å². The monoisotopic (exact) mass is 200 g/mol. The molecule has 2 nitrogen and oxygen atoms in total. The van der Waals surface area contributed by atoms with E-state index in [1.165, 1.54) is 32.2 Å². The molecule has 0 saturated heterocycles. The minimum Gasteiger partial charge on any atom is -0.330 e. The van der Waals surface area contributed by atoms with Gasteiger partial charge in [-0.1, -0.05) is 20.8 Å². The first-order valence-corrected chi connectivity index (χ1v) is 6.05. The smallest absolute Gasteiger partial charge is 0.00869 e. The third-order valence-electron chi connectivity index (χ3n) is 3.18. The first-order chi connectivity index (χ1) is 6.65. The van der Waals surface area contributed by atoms with Crippen molar-refractivity contribution in [2.24, 2.45) is 11.7 Å². The number of hydrogen-bond donors (Lipinski definition) is 1. The van der Waals surface area contributed by atoms with Crippen molar-refractivity contribution in [2.45, 2.75) is 52.5 Å². The van der Waals surface area contributed by atoms with E-state index in [0.717, 1.165) is 12.6 Å². The van der Waals surface area contributed by atoms with Gasteiger partial charge >= 0.3 is 0 Å². The van der Waals surface area contributed by atoms with E-state index in [1.807, 2.05) is 0 Å². The molecular formula is C12H28N2. The number of nitrogens with zero attached hydrogens (tertiary/aromatic N) is 1. The fourth-order valence-electron chi connectivity index (χ4n) is 1.90. The minimum absolute atomic E-state index is 0.685. The summed E-state index contributed by atoms with van der Waals surface area (Å²) >= 11 is 0. The van der Waals surface area contributed by atoms with Crippen LogP contribution in [-0.4, -0.2) is 31.1 Å². The van der Waals surface area contributed by atoms with Crippen LogP contribution in [0.25, 0.3) is 0 Å². The van der Waals surface area contributed by atoms with Crippen LogP contribution in [0.1, 0.15) is 46.5 Å². The summed E-state index contributed by atoms with van der Waals surface area (Å²) in [7, 11) is 2.24. The summed E-state index contributed by atoms with van der Waals surface area (Å²) in [5, 5.41) is 0. The highest BCUT2D eigenvalue weighted by molar-refractivity contribution is 4.65. The normalized spacial score (nSPS) is 13.9. The Bertz CT molecular complexity index is 121. The molecule has 2 N–H and O–H groups in total. The van der Waals surface area contributed by atoms with Crippen LogP contribution in [0.4, 0.5) is 0 Å². The molecule has 86 valence electrons. The molecule has 0 aromatic rings. The molecule has 0 rings (SSSR count). The molecule has 0 aliphatic carbocycles. The predicted octanol–water partition coefficient (Wildman–Crippen LogP) is 2.48. The Kier molecular flexibility index (Phi) is 8.20. The van der Waals surface area contributed by atoms with Gasteiger partial charge in [0.05, 0.1) is 0 Å². The summed E-state index contributed by atoms with van der Waals surface area (Å²) in [5.74, 6) is 0.685. The lowest BCUT2D eigenvalue weighted by molar-refractivity contribution is 0.222. The van der Waals surface area contributed by atoms with Crippen molar-refractivity contribution in [3.8, 4) is 0 Å². The molecule has 0 bridgehead atoms. The van der Waals surface area contributed by atoms with Crippen LogP contribution in [0.3, 0.4) is 0 Å². The zero-order valence-corrected chi connectivity index (χ0v) is 10.4. The predicted molar refractivity (Wildman–Crippen MR) is 64.5 cm³/mol. The Labute approximate surface area is 89.9 Å². The Morgan fingerprint density at radius 1 is 1.21 bits per heavy atom. The second-order valence-electron chi connectivity index (χ2n) is 4.43. The van der Waals surface area contributed by atoms with Crippen molar-refractivity contribution in [3.05, 3.63) is 0 Å². The largest absolute Gasteiger partial charge is 0.330 e. The highest BCUT2D eigenvalue weighted by Gasteiger charge is 2.09. The molecule has 2 heteroatoms. The maximum absolute atomic E-state index is 5.59. The van der Waals surface area contributed by atoms with Crippen molar-refractivity contribution in [1.29, 1.82) is 0 Å². The van der Waals surface area contributed by atoms with Crippen LogP contribution in [0.2, 0.25) is 0 Å². The number of hydrogen-bond acceptors (Lipinski definition) is 2. The average molecular weight is 200 g/mol. The first-order valence-electron chi connectivity index (χ1n) is 6.05. The lowest BCUT2D eigenvalue weighted by Crippen LogP contribution is -2.31. The Hall–Kier alpha value is -0.0800. The van der Waals surface area contributed by atoms with Crippen LogP contribution >= 0.6 is 0 Å². The van der Waals surface area contributed by atoms with Gasteiger partial charge in [-0.05, 0) is 51.7 Å². The molecule has 0 fully saturated rings. The van der Waals surface area contributed by atoms with E-state index in [9.17, 15) is 0 Å². The molecule has 1 atom stereocenters. The van der Waals surface area contributed by atoms with Gasteiger partial charge < -0.3 is 10.6 Å². The molecule has 0 radical (unpaired) electrons. The summed E-state index contributed by atoms with van der Waals surface area (Å²) in [6.45, 7) is 8.82. The van der Waals surface area contributed by atoms with E-state index in [1.54, 1.807) is 0 Å². The van der Waals surface area contributed by atoms with Gasteiger partial charge in [0.25, 0.3) is 0 Å². The van der Waals surface area contributed by atoms with E-state index >= 15 is 0 Å². The zero-order chi connectivity index (χ0) is 11.0. The van der Waals surface area contributed by atoms with Gasteiger partial charge in [0.1, 0.15) is 0 Å². The molecule has 0 aromatic carbocycles. The summed E-state index contributed by atoms with van der Waals surface area (Å²) < 4.78 is 0. The summed E-state index contributed by atoms with van der Waals surface area (Å²) in [4.78, 5) is 2.49. The fourth-order valence-corrected chi connectivity index (χ4v) is 1.90. The molecule has 0 aliphatic heterocycles. The van der Waals surface area contributed by atoms with E-state index < -0.39 is 0 Å². The van der Waals surface area contributed by atoms with E-state index in [0.29, 0.717) is 5.92 Å². The lowest BCUT2D eigenvalue weighted by atomic mass is 10.1. The van der Waals surface area contributed by atoms with E-state index in [2.05, 4.69) is 32.7 Å². The number of rotatable bonds is 8. The van der Waals surface area contributed by atoms with Gasteiger partial charge in [0.2, 0.25) is 0 Å². The molecule has 0 saturated carbocycles. The summed E-state index contributed by atoms with van der Waals surface area (Å²) in [6.07, 6.45) is 5.07. The van der Waals surface area contributed by atoms with Crippen molar-refractivity contribution in [3.63, 3.8) is 0 Å². The molecular weight excluding hydrogens is 172 g/mol. The SMILES string of the molecule is CCC(CC)N(C)CCCC(C)CN. The van der Waals surface area contributed by atoms with Crippen molar-refractivity contribution in [1.82, 2.24) is 4.90 Å². The fraction of sp³-hybridized carbons (Fsp3) is 1.00. The molecule has 0 amide bonds. The Morgan fingerprint density at radius 3 is 2.21 bits per heavy atom. The van der Waals surface area contributed by atoms with Crippen LogP contribution in [0, 0.1) is 5.92 Å². The molecule has 0 aliphatic rings. The topological polar surface area (TPSA) is 29.3 Å². The first kappa shape index (κ1) is 13.9. The van der Waals surface area contributed by atoms with E-state index in [4.69, 9.17) is 5.73 Å². The standard InChI is InChI=1S/C12H28N2/c1-5-12(6-2)14(4)9-7-8-11(3)10-13/h11-12H,5-10,13H2,1-4H3. The maximum Gasteiger partial charge on any atom is 0.00869 e. The molecule has 14 heavy (non-hydrogen) atoms. The second-order valence-corrected chi connectivity index (χ2v) is 4.43. The molecule has 0 heterocycles. The average Bonchev–Trinajstić information content (AvgIpc) is 2.19. The minimum atomic E-state index is 0.685. The van der Waals surface area contributed by atoms with Crippen molar-refractivity contribution >= 4 is 0 Å². The third-order valence-corrected chi connectivity index (χ3v) is 3.18. The Balaban J connectivity index is 3.56. The maximum atomic E-state index is 5.59. The molecule has 1 unspecified atom stereocenters. The third kappa shape index (κ3) is 5.61. The highest BCUT2D eigenvalue weighted by atomic mass is 15.1. The van der Waals surface area contributed by atoms with Crippen molar-refractivity contribution in [2.75, 3.05) is 20.1 Å². The van der Waals surface area contributed by atoms with Crippen LogP contribution < -0.4 is 5.73 Å². The van der Waals surface area contributed by atoms with Crippen LogP contribution in [-0.2, 0) is 0 Å². The van der Waals surface area contributed by atoms with Gasteiger partial charge in [-0.15, -0.1) is 0 Å². The Morgan fingerprint density at radius 2 is 1.79 bits per heavy atom. The number of nitrogens with two attached hydrogens (primary N) is 1. The van der Waals surface area contributed by atoms with Gasteiger partial charge in [0, 0.05) is 6.04 Å². The molecule has 0 aromatic heterocycles. The lowest BCUT2D eigenvalue weighted by Gasteiger charge is -2.26.